The Morgan fingerprint density at radius 2 is 1.70 bits per heavy atom. The van der Waals surface area contributed by atoms with Crippen LogP contribution in [0.25, 0.3) is 10.2 Å². The Bertz CT molecular complexity index is 1150. The number of anilines is 1. The van der Waals surface area contributed by atoms with Gasteiger partial charge in [-0.15, -0.1) is 11.8 Å². The van der Waals surface area contributed by atoms with Gasteiger partial charge in [0.05, 0.1) is 16.8 Å². The number of thiazole rings is 1. The summed E-state index contributed by atoms with van der Waals surface area (Å²) in [6.07, 6.45) is 0.414. The van der Waals surface area contributed by atoms with Crippen molar-refractivity contribution in [1.29, 1.82) is 0 Å². The highest BCUT2D eigenvalue weighted by atomic mass is 35.5. The van der Waals surface area contributed by atoms with E-state index in [9.17, 15) is 4.79 Å². The molecule has 0 saturated heterocycles. The Morgan fingerprint density at radius 1 is 0.967 bits per heavy atom. The Balaban J connectivity index is 1.52. The fourth-order valence-corrected chi connectivity index (χ4v) is 5.18. The van der Waals surface area contributed by atoms with Crippen molar-refractivity contribution in [3.05, 3.63) is 88.4 Å². The quantitative estimate of drug-likeness (QED) is 0.264. The van der Waals surface area contributed by atoms with Crippen molar-refractivity contribution < 1.29 is 4.79 Å². The van der Waals surface area contributed by atoms with E-state index in [1.54, 1.807) is 16.7 Å². The summed E-state index contributed by atoms with van der Waals surface area (Å²) in [7, 11) is 0. The molecular weight excluding hydrogens is 455 g/mol. The molecule has 0 fully saturated rings. The summed E-state index contributed by atoms with van der Waals surface area (Å²) in [6.45, 7) is 0.485. The van der Waals surface area contributed by atoms with Crippen LogP contribution in [0.4, 0.5) is 5.13 Å². The maximum atomic E-state index is 13.2. The maximum absolute atomic E-state index is 13.2. The van der Waals surface area contributed by atoms with Crippen molar-refractivity contribution in [2.75, 3.05) is 10.7 Å². The minimum atomic E-state index is 0.0467. The highest BCUT2D eigenvalue weighted by molar-refractivity contribution is 7.99. The molecule has 0 aliphatic carbocycles. The highest BCUT2D eigenvalue weighted by Crippen LogP contribution is 2.32. The van der Waals surface area contributed by atoms with Crippen LogP contribution in [-0.2, 0) is 11.3 Å². The number of amides is 1. The van der Waals surface area contributed by atoms with Crippen LogP contribution in [0.1, 0.15) is 12.0 Å². The Hall–Kier alpha value is -2.05. The van der Waals surface area contributed by atoms with E-state index in [2.05, 4.69) is 0 Å². The largest absolute Gasteiger partial charge is 0.284 e. The first-order valence-electron chi connectivity index (χ1n) is 9.37. The third kappa shape index (κ3) is 5.35. The van der Waals surface area contributed by atoms with Crippen molar-refractivity contribution in [1.82, 2.24) is 4.98 Å². The molecule has 0 N–H and O–H groups in total. The molecule has 0 saturated carbocycles. The van der Waals surface area contributed by atoms with Crippen LogP contribution >= 0.6 is 46.3 Å². The summed E-state index contributed by atoms with van der Waals surface area (Å²) >= 11 is 15.2. The predicted octanol–water partition coefficient (Wildman–Crippen LogP) is 7.32. The lowest BCUT2D eigenvalue weighted by Crippen LogP contribution is -2.30. The second-order valence-corrected chi connectivity index (χ2v) is 9.68. The summed E-state index contributed by atoms with van der Waals surface area (Å²) in [5.74, 6) is 0.730. The molecule has 1 heterocycles. The standard InChI is InChI=1S/C23H18Cl2N2OS2/c24-17-6-9-19(10-7-17)29-13-12-22(28)27(15-16-4-2-1-3-5-16)23-26-20-11-8-18(25)14-21(20)30-23/h1-11,14H,12-13,15H2. The van der Waals surface area contributed by atoms with Crippen molar-refractivity contribution in [2.45, 2.75) is 17.9 Å². The third-order valence-electron chi connectivity index (χ3n) is 4.45. The average Bonchev–Trinajstić information content (AvgIpc) is 3.17. The fourth-order valence-electron chi connectivity index (χ4n) is 2.95. The second-order valence-electron chi connectivity index (χ2n) is 6.63. The van der Waals surface area contributed by atoms with Crippen molar-refractivity contribution in [2.24, 2.45) is 0 Å². The van der Waals surface area contributed by atoms with Crippen molar-refractivity contribution >= 4 is 67.6 Å². The van der Waals surface area contributed by atoms with E-state index in [-0.39, 0.29) is 5.91 Å². The molecule has 3 nitrogen and oxygen atoms in total. The Morgan fingerprint density at radius 3 is 2.47 bits per heavy atom. The number of thioether (sulfide) groups is 1. The Labute approximate surface area is 193 Å². The van der Waals surface area contributed by atoms with E-state index in [4.69, 9.17) is 28.2 Å². The zero-order valence-corrected chi connectivity index (χ0v) is 19.1. The summed E-state index contributed by atoms with van der Waals surface area (Å²) < 4.78 is 0.971. The van der Waals surface area contributed by atoms with Crippen LogP contribution in [0.5, 0.6) is 0 Å². The number of hydrogen-bond donors (Lipinski definition) is 0. The molecule has 1 amide bonds. The summed E-state index contributed by atoms with van der Waals surface area (Å²) in [5.41, 5.74) is 1.91. The van der Waals surface area contributed by atoms with E-state index in [0.717, 1.165) is 20.7 Å². The molecular formula is C23H18Cl2N2OS2. The number of aromatic nitrogens is 1. The number of carbonyl (C=O) groups is 1. The molecule has 3 aromatic carbocycles. The number of hydrogen-bond acceptors (Lipinski definition) is 4. The highest BCUT2D eigenvalue weighted by Gasteiger charge is 2.20. The Kier molecular flexibility index (Phi) is 6.95. The van der Waals surface area contributed by atoms with Gasteiger partial charge in [0.2, 0.25) is 5.91 Å². The van der Waals surface area contributed by atoms with Gasteiger partial charge in [-0.1, -0.05) is 64.9 Å². The molecule has 4 aromatic rings. The fraction of sp³-hybridized carbons (Fsp3) is 0.130. The number of fused-ring (bicyclic) bond motifs is 1. The second kappa shape index (κ2) is 9.84. The number of halogens is 2. The van der Waals surface area contributed by atoms with Crippen LogP contribution < -0.4 is 4.90 Å². The van der Waals surface area contributed by atoms with E-state index < -0.39 is 0 Å². The van der Waals surface area contributed by atoms with Crippen molar-refractivity contribution in [3.8, 4) is 0 Å². The molecule has 30 heavy (non-hydrogen) atoms. The van der Waals surface area contributed by atoms with Crippen LogP contribution in [0.3, 0.4) is 0 Å². The summed E-state index contributed by atoms with van der Waals surface area (Å²) in [4.78, 5) is 20.7. The van der Waals surface area contributed by atoms with Gasteiger partial charge in [-0.2, -0.15) is 0 Å². The lowest BCUT2D eigenvalue weighted by atomic mass is 10.2. The van der Waals surface area contributed by atoms with Crippen LogP contribution in [-0.4, -0.2) is 16.6 Å². The molecule has 0 radical (unpaired) electrons. The third-order valence-corrected chi connectivity index (χ3v) is 6.99. The average molecular weight is 473 g/mol. The summed E-state index contributed by atoms with van der Waals surface area (Å²) in [5, 5.41) is 2.07. The van der Waals surface area contributed by atoms with Gasteiger partial charge in [-0.3, -0.25) is 9.69 Å². The first kappa shape index (κ1) is 21.2. The smallest absolute Gasteiger partial charge is 0.229 e. The molecule has 152 valence electrons. The van der Waals surface area contributed by atoms with Crippen LogP contribution in [0.2, 0.25) is 10.0 Å². The number of carbonyl (C=O) groups excluding carboxylic acids is 1. The molecule has 7 heteroatoms. The van der Waals surface area contributed by atoms with Gasteiger partial charge < -0.3 is 0 Å². The van der Waals surface area contributed by atoms with Crippen LogP contribution in [0, 0.1) is 0 Å². The van der Waals surface area contributed by atoms with E-state index in [1.165, 1.54) is 11.3 Å². The molecule has 0 spiro atoms. The monoisotopic (exact) mass is 472 g/mol. The van der Waals surface area contributed by atoms with Gasteiger partial charge in [0.1, 0.15) is 0 Å². The van der Waals surface area contributed by atoms with E-state index in [0.29, 0.717) is 33.9 Å². The minimum absolute atomic E-state index is 0.0467. The molecule has 0 aliphatic rings. The lowest BCUT2D eigenvalue weighted by molar-refractivity contribution is -0.118. The normalized spacial score (nSPS) is 11.0. The van der Waals surface area contributed by atoms with Gasteiger partial charge in [0.25, 0.3) is 0 Å². The first-order chi connectivity index (χ1) is 14.6. The molecule has 1 aromatic heterocycles. The molecule has 0 aliphatic heterocycles. The molecule has 0 bridgehead atoms. The maximum Gasteiger partial charge on any atom is 0.229 e. The topological polar surface area (TPSA) is 33.2 Å². The first-order valence-corrected chi connectivity index (χ1v) is 11.9. The van der Waals surface area contributed by atoms with Gasteiger partial charge in [-0.25, -0.2) is 4.98 Å². The van der Waals surface area contributed by atoms with Gasteiger partial charge >= 0.3 is 0 Å². The number of nitrogens with zero attached hydrogens (tertiary/aromatic N) is 2. The van der Waals surface area contributed by atoms with Gasteiger partial charge in [0.15, 0.2) is 5.13 Å². The van der Waals surface area contributed by atoms with E-state index >= 15 is 0 Å². The number of benzene rings is 3. The molecule has 0 atom stereocenters. The lowest BCUT2D eigenvalue weighted by Gasteiger charge is -2.20. The predicted molar refractivity (Wildman–Crippen MR) is 129 cm³/mol. The zero-order valence-electron chi connectivity index (χ0n) is 15.9. The molecule has 0 unspecified atom stereocenters. The minimum Gasteiger partial charge on any atom is -0.284 e. The van der Waals surface area contributed by atoms with Gasteiger partial charge in [0, 0.05) is 27.1 Å². The number of rotatable bonds is 7. The zero-order chi connectivity index (χ0) is 20.9. The summed E-state index contributed by atoms with van der Waals surface area (Å²) in [6, 6.07) is 23.2. The van der Waals surface area contributed by atoms with E-state index in [1.807, 2.05) is 72.8 Å². The molecule has 4 rings (SSSR count). The van der Waals surface area contributed by atoms with Crippen molar-refractivity contribution in [3.63, 3.8) is 0 Å². The SMILES string of the molecule is O=C(CCSc1ccc(Cl)cc1)N(Cc1ccccc1)c1nc2ccc(Cl)cc2s1. The van der Waals surface area contributed by atoms with Crippen LogP contribution in [0.15, 0.2) is 77.7 Å². The van der Waals surface area contributed by atoms with Gasteiger partial charge in [-0.05, 0) is 48.0 Å².